The Bertz CT molecular complexity index is 1110. The first-order valence-electron chi connectivity index (χ1n) is 8.43. The predicted molar refractivity (Wildman–Crippen MR) is 104 cm³/mol. The molecule has 1 saturated heterocycles. The lowest BCUT2D eigenvalue weighted by atomic mass is 10.1. The number of aryl methyl sites for hydroxylation is 1. The summed E-state index contributed by atoms with van der Waals surface area (Å²) in [4.78, 5) is 18.9. The zero-order valence-corrected chi connectivity index (χ0v) is 16.5. The van der Waals surface area contributed by atoms with Gasteiger partial charge < -0.3 is 9.64 Å². The van der Waals surface area contributed by atoms with Crippen molar-refractivity contribution in [2.75, 3.05) is 20.2 Å². The molecule has 1 amide bonds. The maximum absolute atomic E-state index is 12.7. The van der Waals surface area contributed by atoms with Crippen LogP contribution in [0.5, 0.6) is 5.75 Å². The first-order chi connectivity index (χ1) is 12.9. The summed E-state index contributed by atoms with van der Waals surface area (Å²) in [5.74, 6) is 0.456. The van der Waals surface area contributed by atoms with Gasteiger partial charge in [-0.3, -0.25) is 4.79 Å². The minimum atomic E-state index is -3.46. The number of methoxy groups -OCH3 is 1. The highest BCUT2D eigenvalue weighted by atomic mass is 32.2. The molecule has 6 nitrogen and oxygen atoms in total. The molecule has 140 valence electrons. The standard InChI is InChI=1S/C19H18N2O4S2/c1-12-20-17-8-3-13(9-18(17)26-12)19(22)21-10-16(11-21)27(23,24)15-6-4-14(25-2)5-7-15/h3-9,16H,10-11H2,1-2H3. The minimum Gasteiger partial charge on any atom is -0.497 e. The van der Waals surface area contributed by atoms with Crippen LogP contribution in [0, 0.1) is 6.92 Å². The van der Waals surface area contributed by atoms with E-state index in [1.165, 1.54) is 18.4 Å². The molecule has 2 heterocycles. The van der Waals surface area contributed by atoms with E-state index in [4.69, 9.17) is 4.74 Å². The molecule has 0 aliphatic carbocycles. The molecular weight excluding hydrogens is 384 g/mol. The number of ether oxygens (including phenoxy) is 1. The Hall–Kier alpha value is -2.45. The van der Waals surface area contributed by atoms with Gasteiger partial charge in [0.05, 0.1) is 27.2 Å². The van der Waals surface area contributed by atoms with Gasteiger partial charge in [0.1, 0.15) is 11.0 Å². The fraction of sp³-hybridized carbons (Fsp3) is 0.263. The third kappa shape index (κ3) is 3.19. The van der Waals surface area contributed by atoms with E-state index in [2.05, 4.69) is 4.98 Å². The van der Waals surface area contributed by atoms with Crippen molar-refractivity contribution in [1.29, 1.82) is 0 Å². The average molecular weight is 402 g/mol. The van der Waals surface area contributed by atoms with Crippen molar-refractivity contribution in [1.82, 2.24) is 9.88 Å². The Morgan fingerprint density at radius 3 is 2.56 bits per heavy atom. The Balaban J connectivity index is 1.47. The molecular formula is C19H18N2O4S2. The number of amides is 1. The Labute approximate surface area is 161 Å². The monoisotopic (exact) mass is 402 g/mol. The van der Waals surface area contributed by atoms with Gasteiger partial charge in [-0.15, -0.1) is 11.3 Å². The van der Waals surface area contributed by atoms with E-state index >= 15 is 0 Å². The predicted octanol–water partition coefficient (Wildman–Crippen LogP) is 2.91. The van der Waals surface area contributed by atoms with Crippen molar-refractivity contribution in [3.63, 3.8) is 0 Å². The minimum absolute atomic E-state index is 0.149. The van der Waals surface area contributed by atoms with Gasteiger partial charge in [-0.1, -0.05) is 0 Å². The summed E-state index contributed by atoms with van der Waals surface area (Å²) in [5, 5.41) is 0.369. The summed E-state index contributed by atoms with van der Waals surface area (Å²) in [7, 11) is -1.93. The van der Waals surface area contributed by atoms with Crippen LogP contribution >= 0.6 is 11.3 Å². The van der Waals surface area contributed by atoms with E-state index in [-0.39, 0.29) is 23.9 Å². The lowest BCUT2D eigenvalue weighted by Gasteiger charge is -2.38. The zero-order valence-electron chi connectivity index (χ0n) is 14.9. The molecule has 0 N–H and O–H groups in total. The lowest BCUT2D eigenvalue weighted by Crippen LogP contribution is -2.56. The Morgan fingerprint density at radius 2 is 1.89 bits per heavy atom. The molecule has 0 unspecified atom stereocenters. The number of rotatable bonds is 4. The molecule has 27 heavy (non-hydrogen) atoms. The summed E-state index contributed by atoms with van der Waals surface area (Å²) in [6.45, 7) is 2.33. The van der Waals surface area contributed by atoms with Crippen molar-refractivity contribution < 1.29 is 17.9 Å². The molecule has 0 spiro atoms. The van der Waals surface area contributed by atoms with E-state index in [0.29, 0.717) is 11.3 Å². The van der Waals surface area contributed by atoms with Gasteiger partial charge in [0, 0.05) is 18.7 Å². The highest BCUT2D eigenvalue weighted by Crippen LogP contribution is 2.28. The number of benzene rings is 2. The fourth-order valence-corrected chi connectivity index (χ4v) is 5.63. The first kappa shape index (κ1) is 17.9. The average Bonchev–Trinajstić information content (AvgIpc) is 2.99. The van der Waals surface area contributed by atoms with Crippen molar-refractivity contribution in [2.24, 2.45) is 0 Å². The Morgan fingerprint density at radius 1 is 1.19 bits per heavy atom. The summed E-state index contributed by atoms with van der Waals surface area (Å²) >= 11 is 1.54. The van der Waals surface area contributed by atoms with Crippen LogP contribution in [0.4, 0.5) is 0 Å². The molecule has 8 heteroatoms. The molecule has 1 aliphatic rings. The quantitative estimate of drug-likeness (QED) is 0.671. The second kappa shape index (κ2) is 6.61. The number of thiazole rings is 1. The van der Waals surface area contributed by atoms with Crippen LogP contribution in [-0.2, 0) is 9.84 Å². The van der Waals surface area contributed by atoms with Crippen molar-refractivity contribution >= 4 is 37.3 Å². The van der Waals surface area contributed by atoms with Crippen LogP contribution in [0.2, 0.25) is 0 Å². The number of carbonyl (C=O) groups excluding carboxylic acids is 1. The van der Waals surface area contributed by atoms with Crippen LogP contribution in [-0.4, -0.2) is 49.7 Å². The smallest absolute Gasteiger partial charge is 0.253 e. The van der Waals surface area contributed by atoms with E-state index in [1.807, 2.05) is 19.1 Å². The van der Waals surface area contributed by atoms with Gasteiger partial charge in [0.15, 0.2) is 9.84 Å². The Kier molecular flexibility index (Phi) is 4.39. The number of hydrogen-bond acceptors (Lipinski definition) is 6. The summed E-state index contributed by atoms with van der Waals surface area (Å²) < 4.78 is 31.4. The molecule has 3 aromatic rings. The maximum atomic E-state index is 12.7. The van der Waals surface area contributed by atoms with Gasteiger partial charge in [-0.25, -0.2) is 13.4 Å². The highest BCUT2D eigenvalue weighted by molar-refractivity contribution is 7.92. The number of sulfone groups is 1. The van der Waals surface area contributed by atoms with E-state index < -0.39 is 15.1 Å². The molecule has 2 aromatic carbocycles. The molecule has 0 bridgehead atoms. The SMILES string of the molecule is COc1ccc(S(=O)(=O)C2CN(C(=O)c3ccc4nc(C)sc4c3)C2)cc1. The summed E-state index contributed by atoms with van der Waals surface area (Å²) in [5.41, 5.74) is 1.43. The lowest BCUT2D eigenvalue weighted by molar-refractivity contribution is 0.0659. The van der Waals surface area contributed by atoms with Crippen molar-refractivity contribution in [3.8, 4) is 5.75 Å². The van der Waals surface area contributed by atoms with Gasteiger partial charge >= 0.3 is 0 Å². The second-order valence-corrected chi connectivity index (χ2v) is 9.93. The number of aromatic nitrogens is 1. The second-order valence-electron chi connectivity index (χ2n) is 6.47. The number of carbonyl (C=O) groups is 1. The van der Waals surface area contributed by atoms with E-state index in [1.54, 1.807) is 35.2 Å². The van der Waals surface area contributed by atoms with Crippen LogP contribution in [0.1, 0.15) is 15.4 Å². The van der Waals surface area contributed by atoms with Gasteiger partial charge in [-0.2, -0.15) is 0 Å². The van der Waals surface area contributed by atoms with Crippen LogP contribution in [0.25, 0.3) is 10.2 Å². The molecule has 0 radical (unpaired) electrons. The largest absolute Gasteiger partial charge is 0.497 e. The number of nitrogens with zero attached hydrogens (tertiary/aromatic N) is 2. The fourth-order valence-electron chi connectivity index (χ4n) is 3.11. The van der Waals surface area contributed by atoms with Crippen LogP contribution in [0.3, 0.4) is 0 Å². The molecule has 1 aliphatic heterocycles. The number of hydrogen-bond donors (Lipinski definition) is 0. The highest BCUT2D eigenvalue weighted by Gasteiger charge is 2.40. The van der Waals surface area contributed by atoms with Gasteiger partial charge in [-0.05, 0) is 49.4 Å². The van der Waals surface area contributed by atoms with Crippen molar-refractivity contribution in [2.45, 2.75) is 17.1 Å². The van der Waals surface area contributed by atoms with Gasteiger partial charge in [0.25, 0.3) is 5.91 Å². The third-order valence-corrected chi connectivity index (χ3v) is 7.74. The molecule has 0 saturated carbocycles. The van der Waals surface area contributed by atoms with Crippen molar-refractivity contribution in [3.05, 3.63) is 53.0 Å². The van der Waals surface area contributed by atoms with E-state index in [9.17, 15) is 13.2 Å². The zero-order chi connectivity index (χ0) is 19.2. The summed E-state index contributed by atoms with van der Waals surface area (Å²) in [6, 6.07) is 11.7. The van der Waals surface area contributed by atoms with Crippen LogP contribution < -0.4 is 4.74 Å². The molecule has 0 atom stereocenters. The third-order valence-electron chi connectivity index (χ3n) is 4.70. The molecule has 4 rings (SSSR count). The van der Waals surface area contributed by atoms with E-state index in [0.717, 1.165) is 15.2 Å². The molecule has 1 aromatic heterocycles. The number of likely N-dealkylation sites (tertiary alicyclic amines) is 1. The normalized spacial score (nSPS) is 15.0. The maximum Gasteiger partial charge on any atom is 0.253 e. The first-order valence-corrected chi connectivity index (χ1v) is 10.8. The molecule has 1 fully saturated rings. The van der Waals surface area contributed by atoms with Gasteiger partial charge in [0.2, 0.25) is 0 Å². The number of fused-ring (bicyclic) bond motifs is 1. The van der Waals surface area contributed by atoms with Crippen LogP contribution in [0.15, 0.2) is 47.4 Å². The summed E-state index contributed by atoms with van der Waals surface area (Å²) in [6.07, 6.45) is 0. The topological polar surface area (TPSA) is 76.6 Å².